The Labute approximate surface area is 128 Å². The molecule has 1 atom stereocenters. The maximum atomic E-state index is 12.0. The van der Waals surface area contributed by atoms with Gasteiger partial charge in [0, 0.05) is 18.3 Å². The molecule has 0 saturated heterocycles. The summed E-state index contributed by atoms with van der Waals surface area (Å²) in [5, 5.41) is 2.80. The van der Waals surface area contributed by atoms with Crippen molar-refractivity contribution in [3.05, 3.63) is 23.8 Å². The molecule has 0 aliphatic rings. The second-order valence-electron chi connectivity index (χ2n) is 5.39. The van der Waals surface area contributed by atoms with Gasteiger partial charge in [-0.3, -0.25) is 4.79 Å². The first-order valence-electron chi connectivity index (χ1n) is 7.92. The molecule has 0 heterocycles. The molecule has 1 aromatic carbocycles. The maximum Gasteiger partial charge on any atom is 0.255 e. The average Bonchev–Trinajstić information content (AvgIpc) is 2.44. The van der Waals surface area contributed by atoms with Crippen LogP contribution >= 0.6 is 0 Å². The third-order valence-corrected chi connectivity index (χ3v) is 3.38. The van der Waals surface area contributed by atoms with Gasteiger partial charge in [-0.2, -0.15) is 0 Å². The molecule has 0 aromatic heterocycles. The molecule has 0 spiro atoms. The number of nitrogens with one attached hydrogen (secondary N) is 1. The minimum atomic E-state index is -0.120. The molecule has 1 aromatic rings. The predicted octanol–water partition coefficient (Wildman–Crippen LogP) is 3.76. The number of nitrogen functional groups attached to an aromatic ring is 1. The summed E-state index contributed by atoms with van der Waals surface area (Å²) in [6.45, 7) is 6.73. The van der Waals surface area contributed by atoms with E-state index in [4.69, 9.17) is 10.5 Å². The molecule has 0 aliphatic heterocycles. The van der Waals surface area contributed by atoms with Crippen LogP contribution in [0.3, 0.4) is 0 Å². The molecule has 0 fully saturated rings. The van der Waals surface area contributed by atoms with Crippen molar-refractivity contribution in [1.29, 1.82) is 0 Å². The molecular formula is C17H28N2O2. The fraction of sp³-hybridized carbons (Fsp3) is 0.588. The number of anilines is 1. The van der Waals surface area contributed by atoms with E-state index >= 15 is 0 Å². The number of unbranched alkanes of at least 4 members (excludes halogenated alkanes) is 3. The van der Waals surface area contributed by atoms with Gasteiger partial charge in [0.1, 0.15) is 5.75 Å². The van der Waals surface area contributed by atoms with E-state index in [0.717, 1.165) is 12.8 Å². The number of ether oxygens (including phenoxy) is 1. The molecule has 4 heteroatoms. The molecule has 21 heavy (non-hydrogen) atoms. The Morgan fingerprint density at radius 2 is 2.05 bits per heavy atom. The van der Waals surface area contributed by atoms with Crippen LogP contribution in [0.5, 0.6) is 5.75 Å². The van der Waals surface area contributed by atoms with Crippen LogP contribution in [0.1, 0.15) is 63.2 Å². The minimum absolute atomic E-state index is 0.0804. The van der Waals surface area contributed by atoms with Gasteiger partial charge in [0.2, 0.25) is 0 Å². The topological polar surface area (TPSA) is 64.3 Å². The Morgan fingerprint density at radius 1 is 1.29 bits per heavy atom. The highest BCUT2D eigenvalue weighted by Gasteiger charge is 2.14. The average molecular weight is 292 g/mol. The summed E-state index contributed by atoms with van der Waals surface area (Å²) in [5.74, 6) is 0.453. The number of amides is 1. The Kier molecular flexibility index (Phi) is 7.65. The van der Waals surface area contributed by atoms with Crippen molar-refractivity contribution in [2.45, 2.75) is 59.0 Å². The van der Waals surface area contributed by atoms with Gasteiger partial charge in [0.25, 0.3) is 5.91 Å². The van der Waals surface area contributed by atoms with E-state index < -0.39 is 0 Å². The van der Waals surface area contributed by atoms with Gasteiger partial charge < -0.3 is 15.8 Å². The predicted molar refractivity (Wildman–Crippen MR) is 87.7 cm³/mol. The van der Waals surface area contributed by atoms with Crippen LogP contribution in [-0.2, 0) is 0 Å². The maximum absolute atomic E-state index is 12.0. The van der Waals surface area contributed by atoms with Crippen molar-refractivity contribution >= 4 is 11.6 Å². The van der Waals surface area contributed by atoms with E-state index in [1.807, 2.05) is 13.8 Å². The fourth-order valence-corrected chi connectivity index (χ4v) is 2.21. The van der Waals surface area contributed by atoms with E-state index in [0.29, 0.717) is 23.5 Å². The smallest absolute Gasteiger partial charge is 0.255 e. The molecule has 0 saturated carbocycles. The second-order valence-corrected chi connectivity index (χ2v) is 5.39. The van der Waals surface area contributed by atoms with Crippen molar-refractivity contribution in [2.24, 2.45) is 0 Å². The van der Waals surface area contributed by atoms with Crippen molar-refractivity contribution in [1.82, 2.24) is 5.32 Å². The first kappa shape index (κ1) is 17.3. The zero-order valence-corrected chi connectivity index (χ0v) is 13.4. The molecule has 118 valence electrons. The molecule has 1 rings (SSSR count). The van der Waals surface area contributed by atoms with Crippen molar-refractivity contribution in [2.75, 3.05) is 12.3 Å². The Morgan fingerprint density at radius 3 is 2.71 bits per heavy atom. The number of nitrogens with two attached hydrogens (primary N) is 1. The van der Waals surface area contributed by atoms with Crippen LogP contribution in [-0.4, -0.2) is 18.6 Å². The van der Waals surface area contributed by atoms with Gasteiger partial charge in [-0.1, -0.05) is 26.2 Å². The molecule has 1 amide bonds. The molecule has 4 nitrogen and oxygen atoms in total. The second kappa shape index (κ2) is 9.27. The van der Waals surface area contributed by atoms with E-state index in [2.05, 4.69) is 12.2 Å². The molecular weight excluding hydrogens is 264 g/mol. The van der Waals surface area contributed by atoms with Gasteiger partial charge in [-0.15, -0.1) is 0 Å². The first-order chi connectivity index (χ1) is 10.1. The van der Waals surface area contributed by atoms with Crippen molar-refractivity contribution < 1.29 is 9.53 Å². The molecule has 0 bridgehead atoms. The van der Waals surface area contributed by atoms with Gasteiger partial charge in [0.15, 0.2) is 0 Å². The van der Waals surface area contributed by atoms with Crippen LogP contribution in [0.25, 0.3) is 0 Å². The third kappa shape index (κ3) is 6.06. The van der Waals surface area contributed by atoms with E-state index in [1.165, 1.54) is 19.3 Å². The lowest BCUT2D eigenvalue weighted by molar-refractivity contribution is 0.0948. The SMILES string of the molecule is CCCCCCC(C)Oc1cc(N)ccc1C(=O)NCC. The Hall–Kier alpha value is -1.71. The summed E-state index contributed by atoms with van der Waals surface area (Å²) in [6.07, 6.45) is 5.93. The van der Waals surface area contributed by atoms with Crippen LogP contribution in [0.2, 0.25) is 0 Å². The summed E-state index contributed by atoms with van der Waals surface area (Å²) in [5.41, 5.74) is 6.96. The van der Waals surface area contributed by atoms with Gasteiger partial charge >= 0.3 is 0 Å². The fourth-order valence-electron chi connectivity index (χ4n) is 2.21. The highest BCUT2D eigenvalue weighted by Crippen LogP contribution is 2.24. The normalized spacial score (nSPS) is 12.0. The van der Waals surface area contributed by atoms with Gasteiger partial charge in [0.05, 0.1) is 11.7 Å². The van der Waals surface area contributed by atoms with Crippen LogP contribution in [0, 0.1) is 0 Å². The lowest BCUT2D eigenvalue weighted by Gasteiger charge is -2.17. The monoisotopic (exact) mass is 292 g/mol. The summed E-state index contributed by atoms with van der Waals surface area (Å²) >= 11 is 0. The van der Waals surface area contributed by atoms with Crippen LogP contribution in [0.15, 0.2) is 18.2 Å². The largest absolute Gasteiger partial charge is 0.490 e. The molecule has 0 radical (unpaired) electrons. The van der Waals surface area contributed by atoms with E-state index in [1.54, 1.807) is 18.2 Å². The minimum Gasteiger partial charge on any atom is -0.490 e. The van der Waals surface area contributed by atoms with Gasteiger partial charge in [-0.25, -0.2) is 0 Å². The number of hydrogen-bond donors (Lipinski definition) is 2. The first-order valence-corrected chi connectivity index (χ1v) is 7.92. The molecule has 1 unspecified atom stereocenters. The lowest BCUT2D eigenvalue weighted by atomic mass is 10.1. The zero-order chi connectivity index (χ0) is 15.7. The number of rotatable bonds is 9. The number of carbonyl (C=O) groups excluding carboxylic acids is 1. The Bertz CT molecular complexity index is 446. The van der Waals surface area contributed by atoms with Crippen LogP contribution in [0.4, 0.5) is 5.69 Å². The van der Waals surface area contributed by atoms with E-state index in [9.17, 15) is 4.79 Å². The van der Waals surface area contributed by atoms with Gasteiger partial charge in [-0.05, 0) is 38.8 Å². The Balaban J connectivity index is 2.67. The number of benzene rings is 1. The van der Waals surface area contributed by atoms with E-state index in [-0.39, 0.29) is 12.0 Å². The third-order valence-electron chi connectivity index (χ3n) is 3.38. The molecule has 3 N–H and O–H groups in total. The molecule has 0 aliphatic carbocycles. The van der Waals surface area contributed by atoms with Crippen LogP contribution < -0.4 is 15.8 Å². The summed E-state index contributed by atoms with van der Waals surface area (Å²) in [6, 6.07) is 5.18. The highest BCUT2D eigenvalue weighted by atomic mass is 16.5. The van der Waals surface area contributed by atoms with Crippen molar-refractivity contribution in [3.63, 3.8) is 0 Å². The number of carbonyl (C=O) groups is 1. The summed E-state index contributed by atoms with van der Waals surface area (Å²) in [4.78, 5) is 12.0. The summed E-state index contributed by atoms with van der Waals surface area (Å²) in [7, 11) is 0. The standard InChI is InChI=1S/C17H28N2O2/c1-4-6-7-8-9-13(3)21-16-12-14(18)10-11-15(16)17(20)19-5-2/h10-13H,4-9,18H2,1-3H3,(H,19,20). The summed E-state index contributed by atoms with van der Waals surface area (Å²) < 4.78 is 5.93. The number of hydrogen-bond acceptors (Lipinski definition) is 3. The quantitative estimate of drug-likeness (QED) is 0.538. The highest BCUT2D eigenvalue weighted by molar-refractivity contribution is 5.97. The lowest BCUT2D eigenvalue weighted by Crippen LogP contribution is -2.24. The van der Waals surface area contributed by atoms with Crippen molar-refractivity contribution in [3.8, 4) is 5.75 Å². The zero-order valence-electron chi connectivity index (χ0n) is 13.4.